The van der Waals surface area contributed by atoms with Gasteiger partial charge in [-0.3, -0.25) is 0 Å². The van der Waals surface area contributed by atoms with Crippen molar-refractivity contribution in [2.24, 2.45) is 0 Å². The van der Waals surface area contributed by atoms with Crippen molar-refractivity contribution in [2.75, 3.05) is 0 Å². The van der Waals surface area contributed by atoms with Crippen LogP contribution in [0.25, 0.3) is 0 Å². The molecule has 0 fully saturated rings. The van der Waals surface area contributed by atoms with Crippen LogP contribution in [0.2, 0.25) is 0 Å². The fourth-order valence-electron chi connectivity index (χ4n) is 0.464. The van der Waals surface area contributed by atoms with E-state index in [2.05, 4.69) is 0 Å². The Balaban J connectivity index is 0.000000640. The van der Waals surface area contributed by atoms with E-state index in [-0.39, 0.29) is 31.0 Å². The van der Waals surface area contributed by atoms with Crippen LogP contribution in [0, 0.1) is 0 Å². The molecule has 0 unspecified atom stereocenters. The predicted molar refractivity (Wildman–Crippen MR) is 29.8 cm³/mol. The Labute approximate surface area is 65.9 Å². The SMILES string of the molecule is Oc1ccccc1O.[Zn]. The first-order chi connectivity index (χ1) is 3.80. The molecule has 0 saturated carbocycles. The summed E-state index contributed by atoms with van der Waals surface area (Å²) in [5.41, 5.74) is 0. The van der Waals surface area contributed by atoms with E-state index in [9.17, 15) is 0 Å². The van der Waals surface area contributed by atoms with E-state index in [1.807, 2.05) is 0 Å². The van der Waals surface area contributed by atoms with Gasteiger partial charge in [0.05, 0.1) is 0 Å². The molecule has 3 heteroatoms. The van der Waals surface area contributed by atoms with Crippen LogP contribution in [0.3, 0.4) is 0 Å². The largest absolute Gasteiger partial charge is 0.504 e. The molecule has 0 atom stereocenters. The molecule has 2 nitrogen and oxygen atoms in total. The molecule has 0 bridgehead atoms. The van der Waals surface area contributed by atoms with E-state index >= 15 is 0 Å². The first-order valence-electron chi connectivity index (χ1n) is 2.27. The summed E-state index contributed by atoms with van der Waals surface area (Å²) in [5, 5.41) is 17.3. The van der Waals surface area contributed by atoms with Crippen LogP contribution in [0.5, 0.6) is 11.5 Å². The number of phenolic OH excluding ortho intramolecular Hbond substituents is 2. The van der Waals surface area contributed by atoms with Crippen molar-refractivity contribution in [3.8, 4) is 11.5 Å². The van der Waals surface area contributed by atoms with E-state index in [4.69, 9.17) is 10.2 Å². The van der Waals surface area contributed by atoms with Crippen molar-refractivity contribution in [2.45, 2.75) is 0 Å². The third-order valence-electron chi connectivity index (χ3n) is 0.882. The normalized spacial score (nSPS) is 8.00. The van der Waals surface area contributed by atoms with Gasteiger partial charge in [0.1, 0.15) is 0 Å². The predicted octanol–water partition coefficient (Wildman–Crippen LogP) is 1.10. The molecule has 1 rings (SSSR count). The van der Waals surface area contributed by atoms with Crippen molar-refractivity contribution in [1.82, 2.24) is 0 Å². The molecule has 0 aromatic heterocycles. The van der Waals surface area contributed by atoms with Gasteiger partial charge in [0, 0.05) is 19.5 Å². The molecule has 0 aliphatic carbocycles. The second-order valence-corrected chi connectivity index (χ2v) is 1.49. The molecule has 44 valence electrons. The Morgan fingerprint density at radius 3 is 1.44 bits per heavy atom. The van der Waals surface area contributed by atoms with E-state index in [1.54, 1.807) is 12.1 Å². The van der Waals surface area contributed by atoms with Crippen molar-refractivity contribution < 1.29 is 29.7 Å². The molecule has 0 spiro atoms. The average Bonchev–Trinajstić information content (AvgIpc) is 1.77. The average molecular weight is 176 g/mol. The quantitative estimate of drug-likeness (QED) is 0.458. The van der Waals surface area contributed by atoms with Crippen LogP contribution in [0.15, 0.2) is 24.3 Å². The smallest absolute Gasteiger partial charge is 0.157 e. The van der Waals surface area contributed by atoms with Gasteiger partial charge in [0.2, 0.25) is 0 Å². The number of para-hydroxylation sites is 2. The summed E-state index contributed by atoms with van der Waals surface area (Å²) in [6.45, 7) is 0. The summed E-state index contributed by atoms with van der Waals surface area (Å²) in [5.74, 6) is -0.153. The topological polar surface area (TPSA) is 40.5 Å². The maximum absolute atomic E-state index is 8.67. The van der Waals surface area contributed by atoms with Gasteiger partial charge in [-0.1, -0.05) is 12.1 Å². The molecule has 2 N–H and O–H groups in total. The fraction of sp³-hybridized carbons (Fsp3) is 0. The zero-order chi connectivity index (χ0) is 5.98. The number of hydrogen-bond donors (Lipinski definition) is 2. The second-order valence-electron chi connectivity index (χ2n) is 1.49. The van der Waals surface area contributed by atoms with Gasteiger partial charge in [-0.25, -0.2) is 0 Å². The molecule has 0 aliphatic heterocycles. The van der Waals surface area contributed by atoms with E-state index < -0.39 is 0 Å². The summed E-state index contributed by atoms with van der Waals surface area (Å²) in [7, 11) is 0. The van der Waals surface area contributed by atoms with E-state index in [0.29, 0.717) is 0 Å². The molecule has 0 heterocycles. The zero-order valence-corrected chi connectivity index (χ0v) is 7.88. The van der Waals surface area contributed by atoms with Gasteiger partial charge in [-0.05, 0) is 12.1 Å². The molecule has 1 aromatic rings. The van der Waals surface area contributed by atoms with Gasteiger partial charge in [0.15, 0.2) is 11.5 Å². The van der Waals surface area contributed by atoms with Gasteiger partial charge < -0.3 is 10.2 Å². The zero-order valence-electron chi connectivity index (χ0n) is 4.91. The number of benzene rings is 1. The Morgan fingerprint density at radius 2 is 1.22 bits per heavy atom. The Bertz CT molecular complexity index is 167. The van der Waals surface area contributed by atoms with E-state index in [0.717, 1.165) is 0 Å². The Morgan fingerprint density at radius 1 is 0.889 bits per heavy atom. The van der Waals surface area contributed by atoms with Crippen LogP contribution < -0.4 is 0 Å². The summed E-state index contributed by atoms with van der Waals surface area (Å²) in [6, 6.07) is 6.15. The number of aromatic hydroxyl groups is 2. The first-order valence-corrected chi connectivity index (χ1v) is 2.27. The van der Waals surface area contributed by atoms with Crippen LogP contribution in [-0.2, 0) is 19.5 Å². The van der Waals surface area contributed by atoms with Crippen LogP contribution in [0.4, 0.5) is 0 Å². The van der Waals surface area contributed by atoms with Gasteiger partial charge in [-0.2, -0.15) is 0 Å². The molecule has 0 saturated heterocycles. The van der Waals surface area contributed by atoms with Gasteiger partial charge >= 0.3 is 0 Å². The van der Waals surface area contributed by atoms with E-state index in [1.165, 1.54) is 12.1 Å². The van der Waals surface area contributed by atoms with Crippen LogP contribution in [0.1, 0.15) is 0 Å². The molecular formula is C6H6O2Zn. The molecular weight excluding hydrogens is 169 g/mol. The maximum Gasteiger partial charge on any atom is 0.157 e. The third kappa shape index (κ3) is 2.02. The number of hydrogen-bond acceptors (Lipinski definition) is 2. The van der Waals surface area contributed by atoms with Crippen molar-refractivity contribution in [3.63, 3.8) is 0 Å². The summed E-state index contributed by atoms with van der Waals surface area (Å²) >= 11 is 0. The molecule has 9 heavy (non-hydrogen) atoms. The van der Waals surface area contributed by atoms with Crippen molar-refractivity contribution in [1.29, 1.82) is 0 Å². The van der Waals surface area contributed by atoms with Crippen molar-refractivity contribution >= 4 is 0 Å². The van der Waals surface area contributed by atoms with Crippen LogP contribution in [-0.4, -0.2) is 10.2 Å². The minimum Gasteiger partial charge on any atom is -0.504 e. The molecule has 0 amide bonds. The second kappa shape index (κ2) is 3.47. The first kappa shape index (κ1) is 8.44. The summed E-state index contributed by atoms with van der Waals surface area (Å²) in [4.78, 5) is 0. The van der Waals surface area contributed by atoms with Gasteiger partial charge in [0.25, 0.3) is 0 Å². The minimum atomic E-state index is -0.0764. The Hall–Kier alpha value is -0.557. The van der Waals surface area contributed by atoms with Crippen molar-refractivity contribution in [3.05, 3.63) is 24.3 Å². The molecule has 0 aliphatic rings. The minimum absolute atomic E-state index is 0. The summed E-state index contributed by atoms with van der Waals surface area (Å²) < 4.78 is 0. The number of phenols is 2. The Kier molecular flexibility index (Phi) is 3.25. The number of rotatable bonds is 0. The fourth-order valence-corrected chi connectivity index (χ4v) is 0.464. The monoisotopic (exact) mass is 174 g/mol. The maximum atomic E-state index is 8.67. The standard InChI is InChI=1S/C6H6O2.Zn/c7-5-3-1-2-4-6(5)8;/h1-4,7-8H;. The third-order valence-corrected chi connectivity index (χ3v) is 0.882. The van der Waals surface area contributed by atoms with Gasteiger partial charge in [-0.15, -0.1) is 0 Å². The molecule has 0 radical (unpaired) electrons. The van der Waals surface area contributed by atoms with Crippen LogP contribution >= 0.6 is 0 Å². The molecule has 1 aromatic carbocycles. The summed E-state index contributed by atoms with van der Waals surface area (Å²) in [6.07, 6.45) is 0.